The van der Waals surface area contributed by atoms with Gasteiger partial charge >= 0.3 is 0 Å². The molecule has 0 fully saturated rings. The number of rotatable bonds is 6. The Bertz CT molecular complexity index is 294. The smallest absolute Gasteiger partial charge is 0.0613 e. The van der Waals surface area contributed by atoms with Crippen LogP contribution < -0.4 is 0 Å². The van der Waals surface area contributed by atoms with Gasteiger partial charge in [-0.15, -0.1) is 11.6 Å². The minimum atomic E-state index is 0.157. The summed E-state index contributed by atoms with van der Waals surface area (Å²) in [7, 11) is 0. The first-order valence-corrected chi connectivity index (χ1v) is 7.31. The Morgan fingerprint density at radius 2 is 1.81 bits per heavy atom. The molecule has 90 valence electrons. The molecule has 0 spiro atoms. The van der Waals surface area contributed by atoms with Gasteiger partial charge in [0.2, 0.25) is 0 Å². The zero-order chi connectivity index (χ0) is 12.0. The maximum Gasteiger partial charge on any atom is 0.0613 e. The summed E-state index contributed by atoms with van der Waals surface area (Å²) >= 11 is 9.99. The van der Waals surface area contributed by atoms with Crippen molar-refractivity contribution in [2.75, 3.05) is 0 Å². The van der Waals surface area contributed by atoms with E-state index >= 15 is 0 Å². The minimum Gasteiger partial charge on any atom is -0.118 e. The highest BCUT2D eigenvalue weighted by Crippen LogP contribution is 2.34. The van der Waals surface area contributed by atoms with E-state index < -0.39 is 0 Å². The van der Waals surface area contributed by atoms with Gasteiger partial charge in [0, 0.05) is 4.47 Å². The molecule has 0 nitrogen and oxygen atoms in total. The van der Waals surface area contributed by atoms with E-state index in [1.807, 2.05) is 0 Å². The molecule has 0 amide bonds. The van der Waals surface area contributed by atoms with E-state index in [2.05, 4.69) is 54.0 Å². The van der Waals surface area contributed by atoms with Crippen LogP contribution in [0.25, 0.3) is 0 Å². The van der Waals surface area contributed by atoms with Crippen molar-refractivity contribution in [3.8, 4) is 0 Å². The maximum atomic E-state index is 6.55. The number of hydrogen-bond donors (Lipinski definition) is 0. The van der Waals surface area contributed by atoms with Gasteiger partial charge in [-0.05, 0) is 30.0 Å². The average molecular weight is 304 g/mol. The van der Waals surface area contributed by atoms with E-state index in [1.54, 1.807) is 0 Å². The van der Waals surface area contributed by atoms with Crippen LogP contribution in [-0.4, -0.2) is 0 Å². The van der Waals surface area contributed by atoms with Gasteiger partial charge in [0.05, 0.1) is 5.38 Å². The molecule has 2 unspecified atom stereocenters. The summed E-state index contributed by atoms with van der Waals surface area (Å²) in [6.45, 7) is 4.46. The summed E-state index contributed by atoms with van der Waals surface area (Å²) in [4.78, 5) is 0. The van der Waals surface area contributed by atoms with Crippen molar-refractivity contribution < 1.29 is 0 Å². The molecule has 0 bridgehead atoms. The van der Waals surface area contributed by atoms with Crippen LogP contribution >= 0.6 is 27.5 Å². The van der Waals surface area contributed by atoms with Gasteiger partial charge in [-0.1, -0.05) is 61.2 Å². The summed E-state index contributed by atoms with van der Waals surface area (Å²) in [5, 5.41) is 0.157. The molecule has 2 heteroatoms. The van der Waals surface area contributed by atoms with Crippen LogP contribution in [0.15, 0.2) is 28.7 Å². The first-order chi connectivity index (χ1) is 7.69. The lowest BCUT2D eigenvalue weighted by Crippen LogP contribution is -2.07. The summed E-state index contributed by atoms with van der Waals surface area (Å²) < 4.78 is 1.11. The van der Waals surface area contributed by atoms with Crippen molar-refractivity contribution in [3.63, 3.8) is 0 Å². The molecule has 2 atom stereocenters. The molecule has 0 aliphatic heterocycles. The molecule has 16 heavy (non-hydrogen) atoms. The lowest BCUT2D eigenvalue weighted by Gasteiger charge is -2.21. The van der Waals surface area contributed by atoms with Gasteiger partial charge < -0.3 is 0 Å². The molecule has 0 N–H and O–H groups in total. The minimum absolute atomic E-state index is 0.157. The molecule has 1 aromatic rings. The number of alkyl halides is 1. The van der Waals surface area contributed by atoms with E-state index in [9.17, 15) is 0 Å². The average Bonchev–Trinajstić information content (AvgIpc) is 2.30. The third-order valence-electron chi connectivity index (χ3n) is 3.06. The summed E-state index contributed by atoms with van der Waals surface area (Å²) in [6, 6.07) is 8.38. The van der Waals surface area contributed by atoms with Crippen molar-refractivity contribution in [2.24, 2.45) is 5.92 Å². The Hall–Kier alpha value is -0.0100. The standard InChI is InChI=1S/C14H20BrCl/c1-3-5-6-11(4-2)14(16)12-7-9-13(15)10-8-12/h7-11,14H,3-6H2,1-2H3. The Labute approximate surface area is 113 Å². The van der Waals surface area contributed by atoms with E-state index in [0.717, 1.165) is 10.9 Å². The van der Waals surface area contributed by atoms with Gasteiger partial charge in [0.25, 0.3) is 0 Å². The van der Waals surface area contributed by atoms with Gasteiger partial charge in [0.15, 0.2) is 0 Å². The van der Waals surface area contributed by atoms with Gasteiger partial charge in [-0.2, -0.15) is 0 Å². The van der Waals surface area contributed by atoms with E-state index in [1.165, 1.54) is 24.8 Å². The first-order valence-electron chi connectivity index (χ1n) is 6.08. The van der Waals surface area contributed by atoms with Crippen LogP contribution in [0.1, 0.15) is 50.5 Å². The number of halogens is 2. The summed E-state index contributed by atoms with van der Waals surface area (Å²) in [5.74, 6) is 0.600. The highest BCUT2D eigenvalue weighted by atomic mass is 79.9. The fraction of sp³-hybridized carbons (Fsp3) is 0.571. The Kier molecular flexibility index (Phi) is 6.45. The van der Waals surface area contributed by atoms with Crippen molar-refractivity contribution >= 4 is 27.5 Å². The fourth-order valence-corrected chi connectivity index (χ4v) is 2.66. The van der Waals surface area contributed by atoms with Crippen molar-refractivity contribution in [1.82, 2.24) is 0 Å². The fourth-order valence-electron chi connectivity index (χ4n) is 1.94. The summed E-state index contributed by atoms with van der Waals surface area (Å²) in [6.07, 6.45) is 4.92. The Morgan fingerprint density at radius 3 is 2.31 bits per heavy atom. The van der Waals surface area contributed by atoms with E-state index in [0.29, 0.717) is 5.92 Å². The zero-order valence-electron chi connectivity index (χ0n) is 10.0. The lowest BCUT2D eigenvalue weighted by molar-refractivity contribution is 0.437. The lowest BCUT2D eigenvalue weighted by atomic mass is 9.91. The predicted octanol–water partition coefficient (Wildman–Crippen LogP) is 5.95. The van der Waals surface area contributed by atoms with E-state index in [4.69, 9.17) is 11.6 Å². The molecular formula is C14H20BrCl. The zero-order valence-corrected chi connectivity index (χ0v) is 12.4. The second-order valence-electron chi connectivity index (χ2n) is 4.26. The molecule has 0 aromatic heterocycles. The molecular weight excluding hydrogens is 284 g/mol. The quantitative estimate of drug-likeness (QED) is 0.570. The number of hydrogen-bond acceptors (Lipinski definition) is 0. The van der Waals surface area contributed by atoms with Gasteiger partial charge in [-0.25, -0.2) is 0 Å². The third-order valence-corrected chi connectivity index (χ3v) is 4.19. The second kappa shape index (κ2) is 7.34. The molecule has 0 radical (unpaired) electrons. The van der Waals surface area contributed by atoms with Crippen LogP contribution in [-0.2, 0) is 0 Å². The first kappa shape index (κ1) is 14.1. The molecule has 1 rings (SSSR count). The largest absolute Gasteiger partial charge is 0.118 e. The topological polar surface area (TPSA) is 0 Å². The van der Waals surface area contributed by atoms with Crippen molar-refractivity contribution in [1.29, 1.82) is 0 Å². The Balaban J connectivity index is 2.66. The molecule has 0 saturated carbocycles. The van der Waals surface area contributed by atoms with Crippen LogP contribution in [0.3, 0.4) is 0 Å². The number of benzene rings is 1. The number of unbranched alkanes of at least 4 members (excludes halogenated alkanes) is 1. The molecule has 1 aromatic carbocycles. The molecule has 0 heterocycles. The SMILES string of the molecule is CCCCC(CC)C(Cl)c1ccc(Br)cc1. The summed E-state index contributed by atoms with van der Waals surface area (Å²) in [5.41, 5.74) is 1.24. The van der Waals surface area contributed by atoms with Crippen molar-refractivity contribution in [3.05, 3.63) is 34.3 Å². The van der Waals surface area contributed by atoms with Gasteiger partial charge in [-0.3, -0.25) is 0 Å². The highest BCUT2D eigenvalue weighted by Gasteiger charge is 2.18. The highest BCUT2D eigenvalue weighted by molar-refractivity contribution is 9.10. The van der Waals surface area contributed by atoms with Gasteiger partial charge in [0.1, 0.15) is 0 Å². The Morgan fingerprint density at radius 1 is 1.19 bits per heavy atom. The van der Waals surface area contributed by atoms with Crippen LogP contribution in [0.4, 0.5) is 0 Å². The molecule has 0 aliphatic rings. The van der Waals surface area contributed by atoms with Crippen LogP contribution in [0, 0.1) is 5.92 Å². The van der Waals surface area contributed by atoms with Crippen molar-refractivity contribution in [2.45, 2.75) is 44.9 Å². The third kappa shape index (κ3) is 4.10. The maximum absolute atomic E-state index is 6.55. The van der Waals surface area contributed by atoms with Crippen LogP contribution in [0.5, 0.6) is 0 Å². The molecule has 0 saturated heterocycles. The van der Waals surface area contributed by atoms with Crippen LogP contribution in [0.2, 0.25) is 0 Å². The van der Waals surface area contributed by atoms with E-state index in [-0.39, 0.29) is 5.38 Å². The normalized spacial score (nSPS) is 14.8. The predicted molar refractivity (Wildman–Crippen MR) is 76.0 cm³/mol. The molecule has 0 aliphatic carbocycles. The monoisotopic (exact) mass is 302 g/mol. The second-order valence-corrected chi connectivity index (χ2v) is 5.65.